The Hall–Kier alpha value is -3.23. The third kappa shape index (κ3) is 5.40. The maximum Gasteiger partial charge on any atom is 0.411 e. The van der Waals surface area contributed by atoms with Crippen LogP contribution in [0.1, 0.15) is 53.0 Å². The predicted molar refractivity (Wildman–Crippen MR) is 145 cm³/mol. The molecule has 5 rings (SSSR count). The molecule has 37 heavy (non-hydrogen) atoms. The molecule has 1 amide bonds. The highest BCUT2D eigenvalue weighted by Crippen LogP contribution is 2.45. The van der Waals surface area contributed by atoms with Crippen molar-refractivity contribution in [2.24, 2.45) is 5.41 Å². The van der Waals surface area contributed by atoms with Crippen molar-refractivity contribution < 1.29 is 23.7 Å². The van der Waals surface area contributed by atoms with Gasteiger partial charge in [0.15, 0.2) is 0 Å². The summed E-state index contributed by atoms with van der Waals surface area (Å²) >= 11 is 0. The fraction of sp³-hybridized carbons (Fsp3) is 0.483. The van der Waals surface area contributed by atoms with Crippen LogP contribution in [0.5, 0.6) is 5.75 Å². The zero-order chi connectivity index (χ0) is 26.2. The average Bonchev–Trinajstić information content (AvgIpc) is 3.10. The Labute approximate surface area is 218 Å². The maximum atomic E-state index is 12.4. The third-order valence-electron chi connectivity index (χ3n) is 7.44. The van der Waals surface area contributed by atoms with Crippen molar-refractivity contribution in [2.75, 3.05) is 31.1 Å². The zero-order valence-electron chi connectivity index (χ0n) is 22.1. The summed E-state index contributed by atoms with van der Waals surface area (Å²) in [5.41, 5.74) is 11.1. The number of amides is 1. The Balaban J connectivity index is 1.41. The summed E-state index contributed by atoms with van der Waals surface area (Å²) in [6.45, 7) is 9.36. The predicted octanol–water partition coefficient (Wildman–Crippen LogP) is 6.35. The lowest BCUT2D eigenvalue weighted by Gasteiger charge is -2.30. The van der Waals surface area contributed by atoms with Crippen molar-refractivity contribution in [3.63, 3.8) is 0 Å². The van der Waals surface area contributed by atoms with E-state index in [1.807, 2.05) is 64.1 Å². The van der Waals surface area contributed by atoms with Crippen molar-refractivity contribution in [3.8, 4) is 17.0 Å². The highest BCUT2D eigenvalue weighted by molar-refractivity contribution is 6.01. The largest absolute Gasteiger partial charge is 0.486 e. The first kappa shape index (κ1) is 25.4. The van der Waals surface area contributed by atoms with Gasteiger partial charge in [-0.1, -0.05) is 32.9 Å². The van der Waals surface area contributed by atoms with Crippen LogP contribution in [0, 0.1) is 5.41 Å². The minimum atomic E-state index is -0.459. The Kier molecular flexibility index (Phi) is 7.05. The molecule has 2 aromatic carbocycles. The first-order valence-corrected chi connectivity index (χ1v) is 13.0. The number of nitrogen functional groups attached to an aromatic ring is 1. The van der Waals surface area contributed by atoms with Gasteiger partial charge in [0, 0.05) is 28.7 Å². The molecular formula is C29H37N3O5. The van der Waals surface area contributed by atoms with Crippen LogP contribution in [0.3, 0.4) is 0 Å². The number of benzene rings is 2. The van der Waals surface area contributed by atoms with Crippen LogP contribution in [0.4, 0.5) is 16.2 Å². The minimum absolute atomic E-state index is 0.128. The second kappa shape index (κ2) is 10.3. The van der Waals surface area contributed by atoms with Gasteiger partial charge in [-0.2, -0.15) is 0 Å². The van der Waals surface area contributed by atoms with Crippen LogP contribution >= 0.6 is 0 Å². The number of anilines is 2. The number of carbonyl (C=O) groups excluding carboxylic acids is 1. The van der Waals surface area contributed by atoms with Crippen molar-refractivity contribution in [3.05, 3.63) is 42.5 Å². The van der Waals surface area contributed by atoms with E-state index in [-0.39, 0.29) is 17.6 Å². The molecule has 1 atom stereocenters. The van der Waals surface area contributed by atoms with Gasteiger partial charge in [-0.25, -0.2) is 4.79 Å². The molecule has 1 aliphatic heterocycles. The van der Waals surface area contributed by atoms with Gasteiger partial charge in [0.1, 0.15) is 24.8 Å². The summed E-state index contributed by atoms with van der Waals surface area (Å²) in [4.78, 5) is 12.4. The standard InChI is InChI=1S/C29H37N3O5/c1-18(29(2,3)4)36-28(33)31-20-10-8-19(9-11-20)27-26(30)24-13-12-22(37-23-15-34-17-35-16-23)14-25(24)32(27)21-6-5-7-21/h8-14,18,21,23H,5-7,15-17,30H2,1-4H3,(H,31,33). The Morgan fingerprint density at radius 2 is 1.81 bits per heavy atom. The molecular weight excluding hydrogens is 470 g/mol. The van der Waals surface area contributed by atoms with Crippen LogP contribution in [0.25, 0.3) is 22.2 Å². The molecule has 3 N–H and O–H groups in total. The van der Waals surface area contributed by atoms with Gasteiger partial charge >= 0.3 is 6.09 Å². The van der Waals surface area contributed by atoms with E-state index in [2.05, 4.69) is 16.0 Å². The Morgan fingerprint density at radius 1 is 1.11 bits per heavy atom. The molecule has 0 spiro atoms. The van der Waals surface area contributed by atoms with Crippen molar-refractivity contribution in [1.82, 2.24) is 4.57 Å². The molecule has 1 unspecified atom stereocenters. The highest BCUT2D eigenvalue weighted by atomic mass is 16.7. The second-order valence-electron chi connectivity index (χ2n) is 11.1. The van der Waals surface area contributed by atoms with E-state index in [0.717, 1.165) is 46.4 Å². The monoisotopic (exact) mass is 507 g/mol. The topological polar surface area (TPSA) is 97.0 Å². The fourth-order valence-corrected chi connectivity index (χ4v) is 4.63. The number of rotatable bonds is 6. The number of nitrogens with two attached hydrogens (primary N) is 1. The average molecular weight is 508 g/mol. The minimum Gasteiger partial charge on any atom is -0.486 e. The summed E-state index contributed by atoms with van der Waals surface area (Å²) in [6, 6.07) is 14.2. The number of fused-ring (bicyclic) bond motifs is 1. The van der Waals surface area contributed by atoms with Gasteiger partial charge in [-0.15, -0.1) is 0 Å². The van der Waals surface area contributed by atoms with E-state index < -0.39 is 6.09 Å². The van der Waals surface area contributed by atoms with Crippen LogP contribution in [-0.2, 0) is 14.2 Å². The Morgan fingerprint density at radius 3 is 2.43 bits per heavy atom. The first-order valence-electron chi connectivity index (χ1n) is 13.0. The van der Waals surface area contributed by atoms with E-state index in [9.17, 15) is 4.79 Å². The lowest BCUT2D eigenvalue weighted by atomic mass is 9.90. The molecule has 2 heterocycles. The van der Waals surface area contributed by atoms with E-state index in [0.29, 0.717) is 31.7 Å². The van der Waals surface area contributed by atoms with Gasteiger partial charge in [0.05, 0.1) is 30.1 Å². The smallest absolute Gasteiger partial charge is 0.411 e. The van der Waals surface area contributed by atoms with Crippen LogP contribution in [-0.4, -0.2) is 42.9 Å². The molecule has 1 aliphatic carbocycles. The molecule has 198 valence electrons. The lowest BCUT2D eigenvalue weighted by Crippen LogP contribution is -2.33. The normalized spacial score (nSPS) is 17.8. The van der Waals surface area contributed by atoms with E-state index in [1.54, 1.807) is 0 Å². The SMILES string of the molecule is CC(OC(=O)Nc1ccc(-c2c(N)c3ccc(OC4COCOC4)cc3n2C2CCC2)cc1)C(C)(C)C. The number of hydrogen-bond acceptors (Lipinski definition) is 6. The summed E-state index contributed by atoms with van der Waals surface area (Å²) in [5.74, 6) is 0.777. The summed E-state index contributed by atoms with van der Waals surface area (Å²) in [7, 11) is 0. The molecule has 2 fully saturated rings. The number of aromatic nitrogens is 1. The summed E-state index contributed by atoms with van der Waals surface area (Å²) in [5, 5.41) is 3.84. The van der Waals surface area contributed by atoms with Crippen molar-refractivity contribution in [1.29, 1.82) is 0 Å². The van der Waals surface area contributed by atoms with Crippen LogP contribution in [0.2, 0.25) is 0 Å². The zero-order valence-corrected chi connectivity index (χ0v) is 22.1. The maximum absolute atomic E-state index is 12.4. The van der Waals surface area contributed by atoms with Crippen LogP contribution < -0.4 is 15.8 Å². The molecule has 0 radical (unpaired) electrons. The molecule has 0 bridgehead atoms. The molecule has 1 saturated carbocycles. The van der Waals surface area contributed by atoms with Gasteiger partial charge in [-0.05, 0) is 55.9 Å². The van der Waals surface area contributed by atoms with Gasteiger partial charge in [-0.3, -0.25) is 5.32 Å². The first-order chi connectivity index (χ1) is 17.7. The van der Waals surface area contributed by atoms with Gasteiger partial charge in [0.25, 0.3) is 0 Å². The fourth-order valence-electron chi connectivity index (χ4n) is 4.63. The molecule has 3 aromatic rings. The van der Waals surface area contributed by atoms with Gasteiger partial charge < -0.3 is 29.2 Å². The summed E-state index contributed by atoms with van der Waals surface area (Å²) < 4.78 is 24.8. The number of carbonyl (C=O) groups is 1. The molecule has 1 saturated heterocycles. The Bertz CT molecular complexity index is 1250. The molecule has 8 heteroatoms. The lowest BCUT2D eigenvalue weighted by molar-refractivity contribution is -0.143. The third-order valence-corrected chi connectivity index (χ3v) is 7.44. The van der Waals surface area contributed by atoms with E-state index >= 15 is 0 Å². The molecule has 2 aliphatic rings. The number of hydrogen-bond donors (Lipinski definition) is 2. The summed E-state index contributed by atoms with van der Waals surface area (Å²) in [6.07, 6.45) is 2.63. The second-order valence-corrected chi connectivity index (χ2v) is 11.1. The van der Waals surface area contributed by atoms with E-state index in [1.165, 1.54) is 6.42 Å². The number of nitrogens with zero attached hydrogens (tertiary/aromatic N) is 1. The highest BCUT2D eigenvalue weighted by Gasteiger charge is 2.28. The molecule has 1 aromatic heterocycles. The quantitative estimate of drug-likeness (QED) is 0.403. The van der Waals surface area contributed by atoms with Crippen molar-refractivity contribution in [2.45, 2.75) is 65.2 Å². The number of nitrogens with one attached hydrogen (secondary N) is 1. The van der Waals surface area contributed by atoms with Crippen molar-refractivity contribution >= 4 is 28.4 Å². The van der Waals surface area contributed by atoms with E-state index in [4.69, 9.17) is 24.7 Å². The van der Waals surface area contributed by atoms with Gasteiger partial charge in [0.2, 0.25) is 0 Å². The van der Waals surface area contributed by atoms with Crippen LogP contribution in [0.15, 0.2) is 42.5 Å². The number of ether oxygens (including phenoxy) is 4. The molecule has 8 nitrogen and oxygen atoms in total.